The molecule has 6 heteroatoms. The van der Waals surface area contributed by atoms with E-state index >= 15 is 0 Å². The molecular formula is C15H22ClN3O2. The second-order valence-electron chi connectivity index (χ2n) is 5.05. The maximum Gasteiger partial charge on any atom is 0.241 e. The van der Waals surface area contributed by atoms with Crippen molar-refractivity contribution in [1.29, 1.82) is 0 Å². The molecule has 1 fully saturated rings. The molecule has 0 bridgehead atoms. The fourth-order valence-electron chi connectivity index (χ4n) is 2.34. The lowest BCUT2D eigenvalue weighted by atomic mass is 10.1. The molecule has 1 aromatic carbocycles. The summed E-state index contributed by atoms with van der Waals surface area (Å²) in [4.78, 5) is 25.7. The fraction of sp³-hybridized carbons (Fsp3) is 0.467. The highest BCUT2D eigenvalue weighted by atomic mass is 35.5. The van der Waals surface area contributed by atoms with Gasteiger partial charge in [0.1, 0.15) is 6.04 Å². The van der Waals surface area contributed by atoms with Crippen molar-refractivity contribution in [2.24, 2.45) is 5.73 Å². The van der Waals surface area contributed by atoms with Gasteiger partial charge < -0.3 is 16.0 Å². The zero-order chi connectivity index (χ0) is 14.4. The zero-order valence-electron chi connectivity index (χ0n) is 12.0. The van der Waals surface area contributed by atoms with Gasteiger partial charge in [0, 0.05) is 13.1 Å². The Labute approximate surface area is 131 Å². The number of benzene rings is 1. The number of carbonyl (C=O) groups is 2. The minimum Gasteiger partial charge on any atom is -0.345 e. The second kappa shape index (κ2) is 8.64. The molecule has 1 saturated heterocycles. The topological polar surface area (TPSA) is 75.4 Å². The molecule has 1 heterocycles. The molecule has 21 heavy (non-hydrogen) atoms. The summed E-state index contributed by atoms with van der Waals surface area (Å²) in [7, 11) is 0. The van der Waals surface area contributed by atoms with Gasteiger partial charge in [0.05, 0.1) is 6.54 Å². The van der Waals surface area contributed by atoms with Crippen LogP contribution in [0.1, 0.15) is 30.9 Å². The van der Waals surface area contributed by atoms with Crippen LogP contribution in [0.2, 0.25) is 0 Å². The van der Waals surface area contributed by atoms with Crippen LogP contribution < -0.4 is 11.1 Å². The second-order valence-corrected chi connectivity index (χ2v) is 5.05. The van der Waals surface area contributed by atoms with Gasteiger partial charge in [-0.05, 0) is 24.8 Å². The Morgan fingerprint density at radius 1 is 1.14 bits per heavy atom. The third-order valence-corrected chi connectivity index (χ3v) is 3.56. The predicted molar refractivity (Wildman–Crippen MR) is 84.1 cm³/mol. The number of hydrogen-bond acceptors (Lipinski definition) is 3. The van der Waals surface area contributed by atoms with Crippen LogP contribution in [0.15, 0.2) is 30.3 Å². The maximum absolute atomic E-state index is 11.9. The average molecular weight is 312 g/mol. The molecule has 1 atom stereocenters. The van der Waals surface area contributed by atoms with E-state index in [0.29, 0.717) is 0 Å². The van der Waals surface area contributed by atoms with Crippen LogP contribution in [-0.2, 0) is 9.59 Å². The fourth-order valence-corrected chi connectivity index (χ4v) is 2.34. The summed E-state index contributed by atoms with van der Waals surface area (Å²) in [5, 5.41) is 2.62. The summed E-state index contributed by atoms with van der Waals surface area (Å²) in [6, 6.07) is 8.41. The molecule has 1 aliphatic rings. The van der Waals surface area contributed by atoms with E-state index in [1.54, 1.807) is 17.0 Å². The van der Waals surface area contributed by atoms with Crippen molar-refractivity contribution in [3.63, 3.8) is 0 Å². The Kier molecular flexibility index (Phi) is 7.19. The summed E-state index contributed by atoms with van der Waals surface area (Å²) in [5.41, 5.74) is 6.61. The predicted octanol–water partition coefficient (Wildman–Crippen LogP) is 1.24. The van der Waals surface area contributed by atoms with E-state index in [2.05, 4.69) is 5.32 Å². The molecule has 2 amide bonds. The number of halogens is 1. The number of carbonyl (C=O) groups excluding carboxylic acids is 2. The number of rotatable bonds is 4. The highest BCUT2D eigenvalue weighted by Gasteiger charge is 2.19. The van der Waals surface area contributed by atoms with Crippen molar-refractivity contribution in [1.82, 2.24) is 10.2 Å². The molecule has 0 aromatic heterocycles. The van der Waals surface area contributed by atoms with E-state index in [1.165, 1.54) is 6.42 Å². The maximum atomic E-state index is 11.9. The minimum atomic E-state index is -0.731. The van der Waals surface area contributed by atoms with Gasteiger partial charge in [-0.3, -0.25) is 9.59 Å². The van der Waals surface area contributed by atoms with Crippen molar-refractivity contribution in [2.45, 2.75) is 25.3 Å². The molecule has 116 valence electrons. The normalized spacial score (nSPS) is 15.8. The monoisotopic (exact) mass is 311 g/mol. The Bertz CT molecular complexity index is 461. The van der Waals surface area contributed by atoms with Gasteiger partial charge in [-0.1, -0.05) is 30.3 Å². The molecular weight excluding hydrogens is 290 g/mol. The summed E-state index contributed by atoms with van der Waals surface area (Å²) < 4.78 is 0. The number of amides is 2. The summed E-state index contributed by atoms with van der Waals surface area (Å²) in [6.45, 7) is 1.61. The number of hydrogen-bond donors (Lipinski definition) is 2. The Morgan fingerprint density at radius 2 is 1.76 bits per heavy atom. The molecule has 0 radical (unpaired) electrons. The third-order valence-electron chi connectivity index (χ3n) is 3.56. The van der Waals surface area contributed by atoms with Crippen LogP contribution in [0, 0.1) is 0 Å². The minimum absolute atomic E-state index is 0. The van der Waals surface area contributed by atoms with E-state index < -0.39 is 6.04 Å². The van der Waals surface area contributed by atoms with Gasteiger partial charge >= 0.3 is 0 Å². The van der Waals surface area contributed by atoms with E-state index in [9.17, 15) is 9.59 Å². The van der Waals surface area contributed by atoms with Gasteiger partial charge in [-0.25, -0.2) is 0 Å². The van der Waals surface area contributed by atoms with E-state index in [4.69, 9.17) is 5.73 Å². The summed E-state index contributed by atoms with van der Waals surface area (Å²) in [6.07, 6.45) is 3.27. The van der Waals surface area contributed by atoms with Crippen molar-refractivity contribution in [3.8, 4) is 0 Å². The van der Waals surface area contributed by atoms with Crippen LogP contribution in [0.5, 0.6) is 0 Å². The average Bonchev–Trinajstić information content (AvgIpc) is 2.53. The van der Waals surface area contributed by atoms with E-state index in [0.717, 1.165) is 31.5 Å². The Hall–Kier alpha value is -1.59. The van der Waals surface area contributed by atoms with Crippen molar-refractivity contribution in [2.75, 3.05) is 19.6 Å². The zero-order valence-corrected chi connectivity index (χ0v) is 12.8. The van der Waals surface area contributed by atoms with E-state index in [1.807, 2.05) is 18.2 Å². The standard InChI is InChI=1S/C15H21N3O2.ClH/c16-14(12-7-3-1-4-8-12)15(20)17-11-13(19)18-9-5-2-6-10-18;/h1,3-4,7-8,14H,2,5-6,9-11,16H2,(H,17,20);1H. The lowest BCUT2D eigenvalue weighted by molar-refractivity contribution is -0.133. The smallest absolute Gasteiger partial charge is 0.241 e. The van der Waals surface area contributed by atoms with Crippen molar-refractivity contribution >= 4 is 24.2 Å². The Morgan fingerprint density at radius 3 is 2.38 bits per heavy atom. The van der Waals surface area contributed by atoms with Crippen LogP contribution >= 0.6 is 12.4 Å². The first kappa shape index (κ1) is 17.5. The molecule has 0 spiro atoms. The largest absolute Gasteiger partial charge is 0.345 e. The third kappa shape index (κ3) is 5.02. The number of nitrogens with zero attached hydrogens (tertiary/aromatic N) is 1. The highest BCUT2D eigenvalue weighted by molar-refractivity contribution is 5.88. The first-order chi connectivity index (χ1) is 9.68. The first-order valence-electron chi connectivity index (χ1n) is 7.04. The summed E-state index contributed by atoms with van der Waals surface area (Å²) >= 11 is 0. The molecule has 1 aliphatic heterocycles. The van der Waals surface area contributed by atoms with Crippen LogP contribution in [0.25, 0.3) is 0 Å². The molecule has 5 nitrogen and oxygen atoms in total. The SMILES string of the molecule is Cl.NC(C(=O)NCC(=O)N1CCCCC1)c1ccccc1. The first-order valence-corrected chi connectivity index (χ1v) is 7.04. The van der Waals surface area contributed by atoms with Gasteiger partial charge in [-0.2, -0.15) is 0 Å². The van der Waals surface area contributed by atoms with Crippen LogP contribution in [0.4, 0.5) is 0 Å². The molecule has 1 aromatic rings. The molecule has 3 N–H and O–H groups in total. The summed E-state index contributed by atoms with van der Waals surface area (Å²) in [5.74, 6) is -0.347. The van der Waals surface area contributed by atoms with Crippen molar-refractivity contribution < 1.29 is 9.59 Å². The number of nitrogens with two attached hydrogens (primary N) is 1. The Balaban J connectivity index is 0.00000220. The molecule has 1 unspecified atom stereocenters. The number of nitrogens with one attached hydrogen (secondary N) is 1. The molecule has 0 saturated carbocycles. The lowest BCUT2D eigenvalue weighted by Gasteiger charge is -2.27. The number of piperidine rings is 1. The number of likely N-dealkylation sites (tertiary alicyclic amines) is 1. The van der Waals surface area contributed by atoms with Gasteiger partial charge in [0.25, 0.3) is 0 Å². The lowest BCUT2D eigenvalue weighted by Crippen LogP contribution is -2.44. The van der Waals surface area contributed by atoms with Gasteiger partial charge in [0.2, 0.25) is 11.8 Å². The van der Waals surface area contributed by atoms with E-state index in [-0.39, 0.29) is 30.8 Å². The molecule has 2 rings (SSSR count). The highest BCUT2D eigenvalue weighted by Crippen LogP contribution is 2.10. The van der Waals surface area contributed by atoms with Crippen LogP contribution in [-0.4, -0.2) is 36.3 Å². The quantitative estimate of drug-likeness (QED) is 0.878. The molecule has 0 aliphatic carbocycles. The van der Waals surface area contributed by atoms with Crippen molar-refractivity contribution in [3.05, 3.63) is 35.9 Å². The van der Waals surface area contributed by atoms with Crippen LogP contribution in [0.3, 0.4) is 0 Å². The van der Waals surface area contributed by atoms with Gasteiger partial charge in [0.15, 0.2) is 0 Å². The van der Waals surface area contributed by atoms with Gasteiger partial charge in [-0.15, -0.1) is 12.4 Å².